The van der Waals surface area contributed by atoms with Crippen LogP contribution in [0.5, 0.6) is 11.5 Å². The Labute approximate surface area is 90.7 Å². The molecule has 0 atom stereocenters. The van der Waals surface area contributed by atoms with E-state index in [9.17, 15) is 9.90 Å². The lowest BCUT2D eigenvalue weighted by molar-refractivity contribution is 0.106. The van der Waals surface area contributed by atoms with Gasteiger partial charge in [0.05, 0.1) is 7.11 Å². The van der Waals surface area contributed by atoms with Crippen LogP contribution in [0.15, 0.2) is 18.2 Å². The number of carbonyl (C=O) groups is 1. The fourth-order valence-corrected chi connectivity index (χ4v) is 2.27. The van der Waals surface area contributed by atoms with Crippen molar-refractivity contribution < 1.29 is 14.6 Å². The molecule has 1 aromatic rings. The normalized spacial score (nSPS) is 11.2. The molecule has 0 aliphatic carbocycles. The molecule has 15 heavy (non-hydrogen) atoms. The zero-order valence-electron chi connectivity index (χ0n) is 9.50. The molecule has 0 bridgehead atoms. The van der Waals surface area contributed by atoms with E-state index in [0.717, 1.165) is 0 Å². The second kappa shape index (κ2) is 4.06. The first-order chi connectivity index (χ1) is 6.86. The topological polar surface area (TPSA) is 46.5 Å². The summed E-state index contributed by atoms with van der Waals surface area (Å²) in [6.07, 6.45) is 0. The van der Waals surface area contributed by atoms with E-state index in [1.54, 1.807) is 12.1 Å². The third kappa shape index (κ3) is 2.59. The van der Waals surface area contributed by atoms with E-state index in [4.69, 9.17) is 4.74 Å². The average molecular weight is 224 g/mol. The van der Waals surface area contributed by atoms with Crippen molar-refractivity contribution in [2.24, 2.45) is 0 Å². The summed E-state index contributed by atoms with van der Waals surface area (Å²) in [5, 5.41) is 9.56. The van der Waals surface area contributed by atoms with Crippen molar-refractivity contribution in [2.45, 2.75) is 19.6 Å². The molecule has 0 saturated heterocycles. The van der Waals surface area contributed by atoms with E-state index in [2.05, 4.69) is 0 Å². The Morgan fingerprint density at radius 2 is 1.93 bits per heavy atom. The minimum atomic E-state index is -1.83. The monoisotopic (exact) mass is 224 g/mol. The molecule has 0 fully saturated rings. The van der Waals surface area contributed by atoms with Crippen LogP contribution in [-0.4, -0.2) is 25.7 Å². The van der Waals surface area contributed by atoms with E-state index in [1.807, 2.05) is 19.6 Å². The second-order valence-corrected chi connectivity index (χ2v) is 9.42. The molecule has 0 aromatic heterocycles. The largest absolute Gasteiger partial charge is 0.504 e. The summed E-state index contributed by atoms with van der Waals surface area (Å²) in [6.45, 7) is 5.98. The molecule has 0 unspecified atom stereocenters. The Bertz CT molecular complexity index is 380. The number of carbonyl (C=O) groups excluding carboxylic acids is 1. The maximum atomic E-state index is 12.0. The summed E-state index contributed by atoms with van der Waals surface area (Å²) >= 11 is 0. The average Bonchev–Trinajstić information content (AvgIpc) is 2.16. The zero-order valence-corrected chi connectivity index (χ0v) is 10.5. The van der Waals surface area contributed by atoms with Crippen LogP contribution in [0.2, 0.25) is 19.6 Å². The van der Waals surface area contributed by atoms with Crippen LogP contribution >= 0.6 is 0 Å². The second-order valence-electron chi connectivity index (χ2n) is 4.47. The van der Waals surface area contributed by atoms with Crippen molar-refractivity contribution in [3.63, 3.8) is 0 Å². The first-order valence-corrected chi connectivity index (χ1v) is 8.28. The van der Waals surface area contributed by atoms with Gasteiger partial charge in [-0.05, 0) is 18.2 Å². The number of ether oxygens (including phenoxy) is 1. The summed E-state index contributed by atoms with van der Waals surface area (Å²) in [6, 6.07) is 4.72. The number of phenols is 1. The van der Waals surface area contributed by atoms with Crippen molar-refractivity contribution in [3.8, 4) is 11.5 Å². The molecule has 1 N–H and O–H groups in total. The predicted molar refractivity (Wildman–Crippen MR) is 62.3 cm³/mol. The molecule has 0 heterocycles. The molecule has 0 aliphatic rings. The van der Waals surface area contributed by atoms with Gasteiger partial charge in [0.25, 0.3) is 0 Å². The first-order valence-electron chi connectivity index (χ1n) is 4.78. The van der Waals surface area contributed by atoms with E-state index in [0.29, 0.717) is 11.3 Å². The Morgan fingerprint density at radius 1 is 1.33 bits per heavy atom. The fraction of sp³-hybridized carbons (Fsp3) is 0.364. The fourth-order valence-electron chi connectivity index (χ4n) is 1.25. The molecule has 0 radical (unpaired) electrons. The number of aromatic hydroxyl groups is 1. The highest BCUT2D eigenvalue weighted by atomic mass is 28.3. The maximum absolute atomic E-state index is 12.0. The lowest BCUT2D eigenvalue weighted by atomic mass is 10.2. The van der Waals surface area contributed by atoms with Gasteiger partial charge in [0.15, 0.2) is 11.5 Å². The van der Waals surface area contributed by atoms with Crippen LogP contribution in [0.4, 0.5) is 0 Å². The lowest BCUT2D eigenvalue weighted by Crippen LogP contribution is -2.33. The smallest absolute Gasteiger partial charge is 0.161 e. The van der Waals surface area contributed by atoms with Crippen LogP contribution < -0.4 is 4.74 Å². The van der Waals surface area contributed by atoms with Crippen molar-refractivity contribution >= 4 is 13.5 Å². The third-order valence-corrected chi connectivity index (χ3v) is 3.77. The van der Waals surface area contributed by atoms with Crippen LogP contribution in [0, 0.1) is 0 Å². The van der Waals surface area contributed by atoms with Gasteiger partial charge < -0.3 is 14.6 Å². The number of hydrogen-bond acceptors (Lipinski definition) is 3. The summed E-state index contributed by atoms with van der Waals surface area (Å²) in [7, 11) is -0.361. The summed E-state index contributed by atoms with van der Waals surface area (Å²) in [5.74, 6) is 0.406. The molecule has 0 aliphatic heterocycles. The Kier molecular flexibility index (Phi) is 3.19. The standard InChI is InChI=1S/C11H16O3Si/c1-14-10-7-8(5-6-9(10)12)11(13)15(2,3)4/h5-7,12H,1-4H3. The van der Waals surface area contributed by atoms with E-state index >= 15 is 0 Å². The van der Waals surface area contributed by atoms with Gasteiger partial charge >= 0.3 is 0 Å². The van der Waals surface area contributed by atoms with Crippen LogP contribution in [-0.2, 0) is 0 Å². The Balaban J connectivity index is 3.12. The van der Waals surface area contributed by atoms with Gasteiger partial charge in [-0.2, -0.15) is 0 Å². The van der Waals surface area contributed by atoms with Crippen molar-refractivity contribution in [1.82, 2.24) is 0 Å². The van der Waals surface area contributed by atoms with Crippen molar-refractivity contribution in [3.05, 3.63) is 23.8 Å². The number of benzene rings is 1. The molecule has 1 aromatic carbocycles. The van der Waals surface area contributed by atoms with Gasteiger partial charge in [-0.3, -0.25) is 0 Å². The SMILES string of the molecule is COc1cc(C(=O)[Si](C)(C)C)ccc1O. The molecule has 3 nitrogen and oxygen atoms in total. The highest BCUT2D eigenvalue weighted by molar-refractivity contribution is 7.05. The van der Waals surface area contributed by atoms with Crippen molar-refractivity contribution in [1.29, 1.82) is 0 Å². The summed E-state index contributed by atoms with van der Waals surface area (Å²) < 4.78 is 4.96. The molecule has 0 amide bonds. The lowest BCUT2D eigenvalue weighted by Gasteiger charge is -2.14. The minimum Gasteiger partial charge on any atom is -0.504 e. The van der Waals surface area contributed by atoms with Gasteiger partial charge in [-0.1, -0.05) is 19.6 Å². The van der Waals surface area contributed by atoms with Crippen LogP contribution in [0.3, 0.4) is 0 Å². The zero-order chi connectivity index (χ0) is 11.6. The van der Waals surface area contributed by atoms with E-state index in [-0.39, 0.29) is 11.2 Å². The molecular weight excluding hydrogens is 208 g/mol. The first kappa shape index (κ1) is 11.8. The van der Waals surface area contributed by atoms with Gasteiger partial charge in [0.1, 0.15) is 13.5 Å². The number of methoxy groups -OCH3 is 1. The minimum absolute atomic E-state index is 0.0598. The molecular formula is C11H16O3Si. The Morgan fingerprint density at radius 3 is 2.40 bits per heavy atom. The van der Waals surface area contributed by atoms with E-state index in [1.165, 1.54) is 13.2 Å². The van der Waals surface area contributed by atoms with E-state index < -0.39 is 8.07 Å². The van der Waals surface area contributed by atoms with Gasteiger partial charge in [0, 0.05) is 5.56 Å². The summed E-state index contributed by atoms with van der Waals surface area (Å²) in [5.41, 5.74) is 0.615. The summed E-state index contributed by atoms with van der Waals surface area (Å²) in [4.78, 5) is 12.0. The Hall–Kier alpha value is -1.29. The quantitative estimate of drug-likeness (QED) is 0.802. The molecule has 4 heteroatoms. The molecule has 0 spiro atoms. The predicted octanol–water partition coefficient (Wildman–Crippen LogP) is 2.46. The maximum Gasteiger partial charge on any atom is 0.161 e. The highest BCUT2D eigenvalue weighted by Crippen LogP contribution is 2.27. The number of phenolic OH excluding ortho intramolecular Hbond substituents is 1. The number of hydrogen-bond donors (Lipinski definition) is 1. The third-order valence-electron chi connectivity index (χ3n) is 2.12. The molecule has 82 valence electrons. The molecule has 0 saturated carbocycles. The highest BCUT2D eigenvalue weighted by Gasteiger charge is 2.26. The van der Waals surface area contributed by atoms with Gasteiger partial charge in [0.2, 0.25) is 0 Å². The molecule has 1 rings (SSSR count). The van der Waals surface area contributed by atoms with Crippen molar-refractivity contribution in [2.75, 3.05) is 7.11 Å². The van der Waals surface area contributed by atoms with Crippen LogP contribution in [0.1, 0.15) is 10.4 Å². The van der Waals surface area contributed by atoms with Gasteiger partial charge in [-0.25, -0.2) is 0 Å². The van der Waals surface area contributed by atoms with Crippen LogP contribution in [0.25, 0.3) is 0 Å². The number of rotatable bonds is 3. The van der Waals surface area contributed by atoms with Gasteiger partial charge in [-0.15, -0.1) is 0 Å².